The van der Waals surface area contributed by atoms with Gasteiger partial charge in [0.25, 0.3) is 5.91 Å². The van der Waals surface area contributed by atoms with Gasteiger partial charge in [0.1, 0.15) is 0 Å². The minimum Gasteiger partial charge on any atom is -0.478 e. The fourth-order valence-corrected chi connectivity index (χ4v) is 5.09. The summed E-state index contributed by atoms with van der Waals surface area (Å²) in [6.45, 7) is 2.41. The van der Waals surface area contributed by atoms with Gasteiger partial charge in [-0.2, -0.15) is 0 Å². The Kier molecular flexibility index (Phi) is 6.58. The molecule has 0 saturated heterocycles. The highest BCUT2D eigenvalue weighted by Gasteiger charge is 2.19. The van der Waals surface area contributed by atoms with E-state index in [9.17, 15) is 14.7 Å². The average molecular weight is 526 g/mol. The number of carbonyl (C=O) groups is 2. The third-order valence-corrected chi connectivity index (χ3v) is 7.21. The lowest BCUT2D eigenvalue weighted by molar-refractivity contribution is 0.0696. The van der Waals surface area contributed by atoms with E-state index < -0.39 is 5.97 Å². The molecule has 2 heterocycles. The molecule has 0 unspecified atom stereocenters. The van der Waals surface area contributed by atoms with Gasteiger partial charge >= 0.3 is 5.97 Å². The zero-order valence-electron chi connectivity index (χ0n) is 21.9. The number of aromatic nitrogens is 2. The van der Waals surface area contributed by atoms with Crippen LogP contribution >= 0.6 is 0 Å². The minimum absolute atomic E-state index is 0.205. The van der Waals surface area contributed by atoms with E-state index in [1.165, 1.54) is 0 Å². The monoisotopic (exact) mass is 525 g/mol. The van der Waals surface area contributed by atoms with E-state index >= 15 is 0 Å². The summed E-state index contributed by atoms with van der Waals surface area (Å²) < 4.78 is 2.07. The standard InChI is InChI=1S/C34H27N3O3/c1-22(23-11-13-26(14-12-23)34(39)40)35-33(38)30-20-28(24-7-3-2-4-8-24)19-27-17-18-37(32(27)30)21-29-16-15-25-9-5-6-10-31(25)36-29/h2-20,22H,21H2,1H3,(H,35,38)(H,39,40)/t22-/m0/s1. The smallest absolute Gasteiger partial charge is 0.335 e. The highest BCUT2D eigenvalue weighted by molar-refractivity contribution is 6.08. The summed E-state index contributed by atoms with van der Waals surface area (Å²) in [5.41, 5.74) is 6.25. The van der Waals surface area contributed by atoms with Gasteiger partial charge in [-0.05, 0) is 66.1 Å². The molecule has 0 fully saturated rings. The first-order valence-corrected chi connectivity index (χ1v) is 13.1. The van der Waals surface area contributed by atoms with Gasteiger partial charge in [0.05, 0.1) is 40.4 Å². The highest BCUT2D eigenvalue weighted by atomic mass is 16.4. The van der Waals surface area contributed by atoms with Crippen LogP contribution in [0.3, 0.4) is 0 Å². The molecule has 2 aromatic heterocycles. The van der Waals surface area contributed by atoms with E-state index in [4.69, 9.17) is 4.98 Å². The van der Waals surface area contributed by atoms with E-state index in [0.717, 1.165) is 44.2 Å². The molecule has 6 aromatic rings. The zero-order chi connectivity index (χ0) is 27.6. The summed E-state index contributed by atoms with van der Waals surface area (Å²) >= 11 is 0. The van der Waals surface area contributed by atoms with E-state index in [2.05, 4.69) is 22.0 Å². The fraction of sp³-hybridized carbons (Fsp3) is 0.0882. The van der Waals surface area contributed by atoms with Crippen LogP contribution in [-0.2, 0) is 6.54 Å². The summed E-state index contributed by atoms with van der Waals surface area (Å²) in [4.78, 5) is 29.9. The molecule has 0 aliphatic rings. The van der Waals surface area contributed by atoms with Crippen molar-refractivity contribution in [1.29, 1.82) is 0 Å². The number of rotatable bonds is 7. The molecule has 196 valence electrons. The number of nitrogens with one attached hydrogen (secondary N) is 1. The van der Waals surface area contributed by atoms with Gasteiger partial charge in [0.15, 0.2) is 0 Å². The lowest BCUT2D eigenvalue weighted by Gasteiger charge is -2.17. The van der Waals surface area contributed by atoms with Gasteiger partial charge in [-0.25, -0.2) is 4.79 Å². The minimum atomic E-state index is -0.981. The summed E-state index contributed by atoms with van der Waals surface area (Å²) in [5, 5.41) is 14.4. The number of amides is 1. The number of para-hydroxylation sites is 1. The number of aromatic carboxylic acids is 1. The molecule has 0 saturated carbocycles. The van der Waals surface area contributed by atoms with Crippen LogP contribution in [0.2, 0.25) is 0 Å². The first-order chi connectivity index (χ1) is 19.5. The Balaban J connectivity index is 1.39. The topological polar surface area (TPSA) is 84.2 Å². The van der Waals surface area contributed by atoms with Crippen LogP contribution in [-0.4, -0.2) is 26.5 Å². The second-order valence-electron chi connectivity index (χ2n) is 9.89. The SMILES string of the molecule is C[C@H](NC(=O)c1cc(-c2ccccc2)cc2ccn(Cc3ccc4ccccc4n3)c12)c1ccc(C(=O)O)cc1. The number of carbonyl (C=O) groups excluding carboxylic acids is 1. The van der Waals surface area contributed by atoms with Crippen molar-refractivity contribution in [2.45, 2.75) is 19.5 Å². The van der Waals surface area contributed by atoms with Crippen molar-refractivity contribution in [3.8, 4) is 11.1 Å². The van der Waals surface area contributed by atoms with Gasteiger partial charge in [-0.15, -0.1) is 0 Å². The molecular weight excluding hydrogens is 498 g/mol. The second-order valence-corrected chi connectivity index (χ2v) is 9.89. The number of benzene rings is 4. The van der Waals surface area contributed by atoms with Gasteiger partial charge in [-0.1, -0.05) is 66.7 Å². The number of hydrogen-bond acceptors (Lipinski definition) is 3. The van der Waals surface area contributed by atoms with Crippen LogP contribution < -0.4 is 5.32 Å². The third kappa shape index (κ3) is 4.95. The van der Waals surface area contributed by atoms with Crippen LogP contribution in [0.4, 0.5) is 0 Å². The molecule has 2 N–H and O–H groups in total. The van der Waals surface area contributed by atoms with Crippen molar-refractivity contribution in [3.63, 3.8) is 0 Å². The first kappa shape index (κ1) is 25.1. The number of fused-ring (bicyclic) bond motifs is 2. The van der Waals surface area contributed by atoms with Gasteiger partial charge in [0, 0.05) is 17.0 Å². The molecule has 6 heteroatoms. The Bertz CT molecular complexity index is 1860. The van der Waals surface area contributed by atoms with Crippen molar-refractivity contribution < 1.29 is 14.7 Å². The number of carboxylic acids is 1. The van der Waals surface area contributed by atoms with Crippen LogP contribution in [0.5, 0.6) is 0 Å². The second kappa shape index (κ2) is 10.5. The summed E-state index contributed by atoms with van der Waals surface area (Å²) in [7, 11) is 0. The van der Waals surface area contributed by atoms with Crippen molar-refractivity contribution in [3.05, 3.63) is 138 Å². The molecule has 0 aliphatic heterocycles. The maximum absolute atomic E-state index is 13.8. The largest absolute Gasteiger partial charge is 0.478 e. The molecule has 6 rings (SSSR count). The van der Waals surface area contributed by atoms with Crippen molar-refractivity contribution in [2.24, 2.45) is 0 Å². The predicted octanol–water partition coefficient (Wildman–Crippen LogP) is 7.09. The Morgan fingerprint density at radius 3 is 2.35 bits per heavy atom. The number of nitrogens with zero attached hydrogens (tertiary/aromatic N) is 2. The Labute approximate surface area is 231 Å². The number of hydrogen-bond donors (Lipinski definition) is 2. The van der Waals surface area contributed by atoms with Crippen LogP contribution in [0.15, 0.2) is 115 Å². The van der Waals surface area contributed by atoms with E-state index in [1.54, 1.807) is 24.3 Å². The van der Waals surface area contributed by atoms with Gasteiger partial charge in [0.2, 0.25) is 0 Å². The average Bonchev–Trinajstić information content (AvgIpc) is 3.39. The molecular formula is C34H27N3O3. The quantitative estimate of drug-likeness (QED) is 0.233. The van der Waals surface area contributed by atoms with Crippen molar-refractivity contribution in [1.82, 2.24) is 14.9 Å². The first-order valence-electron chi connectivity index (χ1n) is 13.1. The van der Waals surface area contributed by atoms with E-state index in [-0.39, 0.29) is 17.5 Å². The summed E-state index contributed by atoms with van der Waals surface area (Å²) in [5.74, 6) is -1.19. The molecule has 0 radical (unpaired) electrons. The molecule has 1 amide bonds. The van der Waals surface area contributed by atoms with E-state index in [1.807, 2.05) is 85.9 Å². The summed E-state index contributed by atoms with van der Waals surface area (Å²) in [6.07, 6.45) is 2.00. The molecule has 6 nitrogen and oxygen atoms in total. The lowest BCUT2D eigenvalue weighted by atomic mass is 9.99. The maximum Gasteiger partial charge on any atom is 0.335 e. The number of pyridine rings is 1. The Morgan fingerprint density at radius 2 is 1.57 bits per heavy atom. The molecule has 40 heavy (non-hydrogen) atoms. The van der Waals surface area contributed by atoms with Crippen molar-refractivity contribution >= 4 is 33.7 Å². The number of carboxylic acid groups (broad SMARTS) is 1. The van der Waals surface area contributed by atoms with Crippen molar-refractivity contribution in [2.75, 3.05) is 0 Å². The van der Waals surface area contributed by atoms with Crippen LogP contribution in [0, 0.1) is 0 Å². The summed E-state index contributed by atoms with van der Waals surface area (Å²) in [6, 6.07) is 34.5. The molecule has 4 aromatic carbocycles. The van der Waals surface area contributed by atoms with E-state index in [0.29, 0.717) is 12.1 Å². The Hall–Kier alpha value is -5.23. The fourth-order valence-electron chi connectivity index (χ4n) is 5.09. The zero-order valence-corrected chi connectivity index (χ0v) is 21.9. The maximum atomic E-state index is 13.8. The molecule has 0 spiro atoms. The van der Waals surface area contributed by atoms with Gasteiger partial charge < -0.3 is 15.0 Å². The third-order valence-electron chi connectivity index (χ3n) is 7.21. The Morgan fingerprint density at radius 1 is 0.825 bits per heavy atom. The molecule has 0 aliphatic carbocycles. The molecule has 1 atom stereocenters. The lowest BCUT2D eigenvalue weighted by Crippen LogP contribution is -2.27. The van der Waals surface area contributed by atoms with Crippen LogP contribution in [0.1, 0.15) is 44.9 Å². The molecule has 0 bridgehead atoms. The highest BCUT2D eigenvalue weighted by Crippen LogP contribution is 2.30. The van der Waals surface area contributed by atoms with Crippen LogP contribution in [0.25, 0.3) is 32.9 Å². The predicted molar refractivity (Wildman–Crippen MR) is 158 cm³/mol. The van der Waals surface area contributed by atoms with Gasteiger partial charge in [-0.3, -0.25) is 9.78 Å². The normalized spacial score (nSPS) is 11.9.